The molecule has 6 fully saturated rings. The summed E-state index contributed by atoms with van der Waals surface area (Å²) in [5, 5.41) is 95.5. The smallest absolute Gasteiger partial charge is 0.310 e. The van der Waals surface area contributed by atoms with E-state index in [1.54, 1.807) is 0 Å². The van der Waals surface area contributed by atoms with Gasteiger partial charge in [-0.2, -0.15) is 0 Å². The Balaban J connectivity index is 1.17. The highest BCUT2D eigenvalue weighted by Gasteiger charge is 2.70. The van der Waals surface area contributed by atoms with Crippen molar-refractivity contribution in [3.05, 3.63) is 11.6 Å². The van der Waals surface area contributed by atoms with Crippen LogP contribution in [0.15, 0.2) is 11.6 Å². The first-order valence-electron chi connectivity index (χ1n) is 21.0. The van der Waals surface area contributed by atoms with E-state index in [9.17, 15) is 50.8 Å². The van der Waals surface area contributed by atoms with E-state index in [1.165, 1.54) is 5.57 Å². The van der Waals surface area contributed by atoms with Crippen molar-refractivity contribution in [2.75, 3.05) is 19.8 Å². The first-order valence-corrected chi connectivity index (χ1v) is 21.0. The summed E-state index contributed by atoms with van der Waals surface area (Å²) in [6.07, 6.45) is -6.00. The van der Waals surface area contributed by atoms with Crippen molar-refractivity contribution in [1.29, 1.82) is 0 Å². The Morgan fingerprint density at radius 2 is 1.36 bits per heavy atom. The van der Waals surface area contributed by atoms with Crippen LogP contribution in [-0.4, -0.2) is 139 Å². The second-order valence-electron chi connectivity index (χ2n) is 20.5. The van der Waals surface area contributed by atoms with Crippen LogP contribution >= 0.6 is 0 Å². The lowest BCUT2D eigenvalue weighted by atomic mass is 9.33. The first kappa shape index (κ1) is 42.8. The zero-order chi connectivity index (χ0) is 41.0. The number of carboxylic acids is 1. The molecule has 4 saturated carbocycles. The molecule has 7 rings (SSSR count). The minimum absolute atomic E-state index is 0.00269. The molecule has 320 valence electrons. The standard InChI is InChI=1S/C42H68O14/c1-37(2)13-15-42(36(51)52)16-14-40(5)21(22(42)17-37)7-8-26-38(3)11-10-27(39(4,20-45)25(38)9-12-41(26,40)6)55-35-33(31(49)29(47)24(19-44)54-35)56-34-32(50)30(48)28(46)23(18-43)53-34/h7,22-35,43-50H,8-20H2,1-6H3,(H,51,52)/t22-,23+,24+,25+,26+,27-,28+,29+,30-,31-,32+,33+,34?,35?,38-,39-,40+,41+,42-/m0/s1. The van der Waals surface area contributed by atoms with E-state index in [-0.39, 0.29) is 46.0 Å². The number of aliphatic hydroxyl groups excluding tert-OH is 8. The zero-order valence-corrected chi connectivity index (χ0v) is 33.9. The zero-order valence-electron chi connectivity index (χ0n) is 33.9. The molecule has 19 atom stereocenters. The average molecular weight is 797 g/mol. The van der Waals surface area contributed by atoms with Gasteiger partial charge in [-0.1, -0.05) is 53.2 Å². The van der Waals surface area contributed by atoms with E-state index < -0.39 is 97.5 Å². The number of aliphatic hydroxyl groups is 8. The van der Waals surface area contributed by atoms with Crippen LogP contribution in [0, 0.1) is 50.2 Å². The third-order valence-corrected chi connectivity index (χ3v) is 17.4. The van der Waals surface area contributed by atoms with Crippen molar-refractivity contribution in [3.8, 4) is 0 Å². The molecule has 0 aromatic rings. The second-order valence-corrected chi connectivity index (χ2v) is 20.5. The number of allylic oxidation sites excluding steroid dienone is 2. The van der Waals surface area contributed by atoms with E-state index in [4.69, 9.17) is 18.9 Å². The first-order chi connectivity index (χ1) is 26.2. The van der Waals surface area contributed by atoms with Crippen LogP contribution in [0.4, 0.5) is 0 Å². The van der Waals surface area contributed by atoms with Gasteiger partial charge < -0.3 is 64.9 Å². The van der Waals surface area contributed by atoms with Crippen molar-refractivity contribution in [1.82, 2.24) is 0 Å². The molecule has 14 heteroatoms. The van der Waals surface area contributed by atoms with Gasteiger partial charge in [-0.05, 0) is 104 Å². The number of carboxylic acid groups (broad SMARTS) is 1. The van der Waals surface area contributed by atoms with Gasteiger partial charge in [0.1, 0.15) is 48.8 Å². The number of carbonyl (C=O) groups is 1. The molecule has 0 aromatic carbocycles. The molecule has 2 unspecified atom stereocenters. The lowest BCUT2D eigenvalue weighted by Crippen LogP contribution is -2.67. The molecule has 0 radical (unpaired) electrons. The van der Waals surface area contributed by atoms with Crippen molar-refractivity contribution < 1.29 is 69.7 Å². The number of aliphatic carboxylic acids is 1. The third-order valence-electron chi connectivity index (χ3n) is 17.4. The van der Waals surface area contributed by atoms with Gasteiger partial charge >= 0.3 is 5.97 Å². The Kier molecular flexibility index (Phi) is 11.3. The summed E-state index contributed by atoms with van der Waals surface area (Å²) in [7, 11) is 0. The Bertz CT molecular complexity index is 1500. The third kappa shape index (κ3) is 6.21. The molecule has 2 aliphatic heterocycles. The summed E-state index contributed by atoms with van der Waals surface area (Å²) in [4.78, 5) is 13.1. The SMILES string of the molecule is CC1(C)CC[C@]2(C(=O)O)CC[C@]3(C)C(=CC[C@@H]4[C@@]5(C)CC[C@H](OC6O[C@H](CO)[C@@H](O)[C@H](O)[C@H]6OC6O[C@H](CO)[C@@H](O)[C@H](O)[C@H]6O)[C@@](C)(CO)[C@@H]5CC[C@]43C)[C@@H]2C1. The summed E-state index contributed by atoms with van der Waals surface area (Å²) in [5.74, 6) is -0.394. The minimum Gasteiger partial charge on any atom is -0.481 e. The Morgan fingerprint density at radius 1 is 0.732 bits per heavy atom. The summed E-state index contributed by atoms with van der Waals surface area (Å²) >= 11 is 0. The van der Waals surface area contributed by atoms with E-state index in [2.05, 4.69) is 40.7 Å². The topological polar surface area (TPSA) is 236 Å². The van der Waals surface area contributed by atoms with Crippen molar-refractivity contribution in [3.63, 3.8) is 0 Å². The Morgan fingerprint density at radius 3 is 1.98 bits per heavy atom. The van der Waals surface area contributed by atoms with Gasteiger partial charge in [-0.3, -0.25) is 4.79 Å². The molecule has 0 amide bonds. The Labute approximate surface area is 330 Å². The average Bonchev–Trinajstić information content (AvgIpc) is 3.15. The fourth-order valence-corrected chi connectivity index (χ4v) is 13.7. The maximum atomic E-state index is 13.1. The number of hydrogen-bond donors (Lipinski definition) is 9. The Hall–Kier alpha value is -1.27. The fraction of sp³-hybridized carbons (Fsp3) is 0.929. The molecule has 56 heavy (non-hydrogen) atoms. The van der Waals surface area contributed by atoms with Crippen molar-refractivity contribution in [2.45, 2.75) is 173 Å². The fourth-order valence-electron chi connectivity index (χ4n) is 13.7. The van der Waals surface area contributed by atoms with Crippen LogP contribution < -0.4 is 0 Å². The lowest BCUT2D eigenvalue weighted by molar-refractivity contribution is -0.379. The molecule has 7 aliphatic rings. The maximum Gasteiger partial charge on any atom is 0.310 e. The second kappa shape index (κ2) is 14.7. The van der Waals surface area contributed by atoms with Gasteiger partial charge in [0.05, 0.1) is 31.3 Å². The van der Waals surface area contributed by atoms with Crippen LogP contribution in [-0.2, 0) is 23.7 Å². The van der Waals surface area contributed by atoms with E-state index >= 15 is 0 Å². The number of ether oxygens (including phenoxy) is 4. The van der Waals surface area contributed by atoms with Gasteiger partial charge in [-0.25, -0.2) is 0 Å². The number of hydrogen-bond acceptors (Lipinski definition) is 13. The van der Waals surface area contributed by atoms with Gasteiger partial charge in [0.2, 0.25) is 0 Å². The highest BCUT2D eigenvalue weighted by atomic mass is 16.8. The molecular formula is C42H68O14. The summed E-state index contributed by atoms with van der Waals surface area (Å²) in [6.45, 7) is 12.2. The molecule has 14 nitrogen and oxygen atoms in total. The molecule has 9 N–H and O–H groups in total. The summed E-state index contributed by atoms with van der Waals surface area (Å²) in [6, 6.07) is 0. The van der Waals surface area contributed by atoms with Crippen LogP contribution in [0.2, 0.25) is 0 Å². The van der Waals surface area contributed by atoms with Gasteiger partial charge in [-0.15, -0.1) is 0 Å². The van der Waals surface area contributed by atoms with Gasteiger partial charge in [0, 0.05) is 5.41 Å². The predicted molar refractivity (Wildman–Crippen MR) is 199 cm³/mol. The van der Waals surface area contributed by atoms with Gasteiger partial charge in [0.25, 0.3) is 0 Å². The monoisotopic (exact) mass is 796 g/mol. The van der Waals surface area contributed by atoms with Crippen molar-refractivity contribution in [2.24, 2.45) is 50.2 Å². The molecular weight excluding hydrogens is 728 g/mol. The lowest BCUT2D eigenvalue weighted by Gasteiger charge is -2.71. The molecule has 2 heterocycles. The van der Waals surface area contributed by atoms with Crippen molar-refractivity contribution >= 4 is 5.97 Å². The summed E-state index contributed by atoms with van der Waals surface area (Å²) < 4.78 is 24.3. The van der Waals surface area contributed by atoms with Crippen LogP contribution in [0.5, 0.6) is 0 Å². The van der Waals surface area contributed by atoms with E-state index in [1.807, 2.05) is 6.92 Å². The quantitative estimate of drug-likeness (QED) is 0.126. The number of fused-ring (bicyclic) bond motifs is 7. The van der Waals surface area contributed by atoms with Crippen LogP contribution in [0.25, 0.3) is 0 Å². The highest BCUT2D eigenvalue weighted by molar-refractivity contribution is 5.76. The van der Waals surface area contributed by atoms with Gasteiger partial charge in [0.15, 0.2) is 12.6 Å². The summed E-state index contributed by atoms with van der Waals surface area (Å²) in [5.41, 5.74) is -0.607. The minimum atomic E-state index is -1.79. The molecule has 5 aliphatic carbocycles. The molecule has 0 spiro atoms. The normalized spacial score (nSPS) is 54.1. The molecule has 0 bridgehead atoms. The van der Waals surface area contributed by atoms with E-state index in [0.717, 1.165) is 44.9 Å². The predicted octanol–water partition coefficient (Wildman–Crippen LogP) is 1.85. The van der Waals surface area contributed by atoms with Crippen LogP contribution in [0.3, 0.4) is 0 Å². The molecule has 0 aromatic heterocycles. The largest absolute Gasteiger partial charge is 0.481 e. The maximum absolute atomic E-state index is 13.1. The van der Waals surface area contributed by atoms with E-state index in [0.29, 0.717) is 19.3 Å². The number of rotatable bonds is 8. The highest BCUT2D eigenvalue weighted by Crippen LogP contribution is 2.76. The molecule has 2 saturated heterocycles. The van der Waals surface area contributed by atoms with Crippen LogP contribution in [0.1, 0.15) is 106 Å².